The fraction of sp³-hybridized carbons (Fsp3) is 0.350. The van der Waals surface area contributed by atoms with Gasteiger partial charge in [-0.3, -0.25) is 9.48 Å². The molecule has 0 unspecified atom stereocenters. The van der Waals surface area contributed by atoms with E-state index in [1.165, 1.54) is 0 Å². The average Bonchev–Trinajstić information content (AvgIpc) is 3.38. The lowest BCUT2D eigenvalue weighted by Crippen LogP contribution is -2.21. The summed E-state index contributed by atoms with van der Waals surface area (Å²) < 4.78 is 14.3. The zero-order chi connectivity index (χ0) is 20.5. The average molecular weight is 416 g/mol. The predicted molar refractivity (Wildman–Crippen MR) is 109 cm³/mol. The third-order valence-electron chi connectivity index (χ3n) is 4.89. The summed E-state index contributed by atoms with van der Waals surface area (Å²) in [7, 11) is 0. The number of halogens is 1. The van der Waals surface area contributed by atoms with Crippen LogP contribution in [-0.2, 0) is 11.3 Å². The van der Waals surface area contributed by atoms with Gasteiger partial charge in [-0.1, -0.05) is 17.7 Å². The van der Waals surface area contributed by atoms with Gasteiger partial charge in [-0.25, -0.2) is 4.68 Å². The van der Waals surface area contributed by atoms with E-state index in [2.05, 4.69) is 15.5 Å². The Morgan fingerprint density at radius 3 is 2.83 bits per heavy atom. The Labute approximate surface area is 173 Å². The van der Waals surface area contributed by atoms with E-state index < -0.39 is 0 Å². The molecule has 2 aromatic heterocycles. The largest absolute Gasteiger partial charge is 0.454 e. The monoisotopic (exact) mass is 415 g/mol. The molecule has 3 heterocycles. The van der Waals surface area contributed by atoms with Crippen LogP contribution in [0.5, 0.6) is 11.5 Å². The number of fused-ring (bicyclic) bond motifs is 1. The van der Waals surface area contributed by atoms with Crippen LogP contribution in [0.2, 0.25) is 5.02 Å². The minimum atomic E-state index is -0.119. The number of aryl methyl sites for hydroxylation is 1. The first kappa shape index (κ1) is 19.3. The summed E-state index contributed by atoms with van der Waals surface area (Å²) in [4.78, 5) is 12.6. The van der Waals surface area contributed by atoms with Crippen molar-refractivity contribution in [1.82, 2.24) is 19.6 Å². The maximum atomic E-state index is 12.6. The van der Waals surface area contributed by atoms with Crippen molar-refractivity contribution in [3.8, 4) is 11.5 Å². The van der Waals surface area contributed by atoms with Crippen molar-refractivity contribution < 1.29 is 14.3 Å². The summed E-state index contributed by atoms with van der Waals surface area (Å²) in [5.41, 5.74) is 2.62. The van der Waals surface area contributed by atoms with Crippen molar-refractivity contribution >= 4 is 23.3 Å². The molecule has 4 rings (SSSR count). The second kappa shape index (κ2) is 7.79. The number of hydrogen-bond donors (Lipinski definition) is 1. The third-order valence-corrected chi connectivity index (χ3v) is 5.44. The number of nitrogens with zero attached hydrogens (tertiary/aromatic N) is 4. The molecule has 0 radical (unpaired) electrons. The molecule has 29 heavy (non-hydrogen) atoms. The number of benzene rings is 1. The Kier molecular flexibility index (Phi) is 5.19. The Morgan fingerprint density at radius 2 is 2.07 bits per heavy atom. The van der Waals surface area contributed by atoms with Gasteiger partial charge in [0.15, 0.2) is 11.5 Å². The van der Waals surface area contributed by atoms with Crippen molar-refractivity contribution in [3.63, 3.8) is 0 Å². The van der Waals surface area contributed by atoms with Crippen molar-refractivity contribution in [1.29, 1.82) is 0 Å². The topological polar surface area (TPSA) is 83.2 Å². The number of amides is 1. The number of carbonyl (C=O) groups excluding carboxylic acids is 1. The lowest BCUT2D eigenvalue weighted by molar-refractivity contribution is -0.116. The van der Waals surface area contributed by atoms with Crippen LogP contribution in [0.3, 0.4) is 0 Å². The highest BCUT2D eigenvalue weighted by molar-refractivity contribution is 6.31. The maximum absolute atomic E-state index is 12.6. The van der Waals surface area contributed by atoms with Gasteiger partial charge in [0.2, 0.25) is 12.7 Å². The number of rotatable bonds is 6. The first-order chi connectivity index (χ1) is 13.9. The van der Waals surface area contributed by atoms with E-state index in [0.717, 1.165) is 28.5 Å². The number of carbonyl (C=O) groups is 1. The van der Waals surface area contributed by atoms with Gasteiger partial charge in [0.25, 0.3) is 0 Å². The number of ether oxygens (including phenoxy) is 2. The Morgan fingerprint density at radius 1 is 1.28 bits per heavy atom. The van der Waals surface area contributed by atoms with E-state index in [-0.39, 0.29) is 25.2 Å². The maximum Gasteiger partial charge on any atom is 0.231 e. The second-order valence-corrected chi connectivity index (χ2v) is 7.47. The van der Waals surface area contributed by atoms with Crippen LogP contribution in [0, 0.1) is 13.8 Å². The zero-order valence-electron chi connectivity index (χ0n) is 16.5. The van der Waals surface area contributed by atoms with Gasteiger partial charge in [-0.2, -0.15) is 10.2 Å². The van der Waals surface area contributed by atoms with E-state index in [1.807, 2.05) is 39.0 Å². The third kappa shape index (κ3) is 3.93. The first-order valence-corrected chi connectivity index (χ1v) is 9.71. The van der Waals surface area contributed by atoms with Crippen LogP contribution in [0.4, 0.5) is 5.82 Å². The van der Waals surface area contributed by atoms with E-state index in [0.29, 0.717) is 17.4 Å². The van der Waals surface area contributed by atoms with E-state index in [4.69, 9.17) is 21.1 Å². The van der Waals surface area contributed by atoms with Crippen molar-refractivity contribution in [2.24, 2.45) is 0 Å². The molecule has 1 aliphatic heterocycles. The molecule has 1 aromatic carbocycles. The molecule has 1 amide bonds. The van der Waals surface area contributed by atoms with Crippen LogP contribution in [-0.4, -0.2) is 32.3 Å². The SMILES string of the molecule is Cc1nn([C@@H](C)CC(=O)Nc2ccnn2Cc2ccc3c(c2)OCO3)c(C)c1Cl. The van der Waals surface area contributed by atoms with Crippen LogP contribution in [0.25, 0.3) is 0 Å². The van der Waals surface area contributed by atoms with Gasteiger partial charge in [0.05, 0.1) is 35.2 Å². The first-order valence-electron chi connectivity index (χ1n) is 9.33. The summed E-state index contributed by atoms with van der Waals surface area (Å²) in [6.45, 7) is 6.44. The number of aromatic nitrogens is 4. The van der Waals surface area contributed by atoms with Gasteiger partial charge in [-0.05, 0) is 38.5 Å². The summed E-state index contributed by atoms with van der Waals surface area (Å²) in [6.07, 6.45) is 1.93. The molecule has 152 valence electrons. The number of anilines is 1. The highest BCUT2D eigenvalue weighted by Crippen LogP contribution is 2.32. The van der Waals surface area contributed by atoms with E-state index in [1.54, 1.807) is 21.6 Å². The van der Waals surface area contributed by atoms with E-state index >= 15 is 0 Å². The summed E-state index contributed by atoms with van der Waals surface area (Å²) in [6, 6.07) is 7.40. The number of nitrogens with one attached hydrogen (secondary N) is 1. The van der Waals surface area contributed by atoms with Crippen LogP contribution in [0.1, 0.15) is 36.3 Å². The number of hydrogen-bond acceptors (Lipinski definition) is 5. The van der Waals surface area contributed by atoms with Crippen molar-refractivity contribution in [2.45, 2.75) is 39.8 Å². The lowest BCUT2D eigenvalue weighted by atomic mass is 10.2. The molecule has 0 saturated carbocycles. The molecule has 1 aliphatic rings. The summed E-state index contributed by atoms with van der Waals surface area (Å²) in [5.74, 6) is 1.97. The van der Waals surface area contributed by atoms with Crippen LogP contribution in [0.15, 0.2) is 30.5 Å². The molecule has 0 saturated heterocycles. The predicted octanol–water partition coefficient (Wildman–Crippen LogP) is 3.72. The summed E-state index contributed by atoms with van der Waals surface area (Å²) in [5, 5.41) is 12.3. The molecule has 0 bridgehead atoms. The fourth-order valence-electron chi connectivity index (χ4n) is 3.40. The molecular weight excluding hydrogens is 394 g/mol. The van der Waals surface area contributed by atoms with Crippen molar-refractivity contribution in [3.05, 3.63) is 52.4 Å². The molecule has 0 fully saturated rings. The smallest absolute Gasteiger partial charge is 0.231 e. The van der Waals surface area contributed by atoms with E-state index in [9.17, 15) is 4.79 Å². The highest BCUT2D eigenvalue weighted by Gasteiger charge is 2.18. The highest BCUT2D eigenvalue weighted by atomic mass is 35.5. The van der Waals surface area contributed by atoms with Gasteiger partial charge in [0.1, 0.15) is 5.82 Å². The molecule has 3 aromatic rings. The standard InChI is InChI=1S/C20H22ClN5O3/c1-12(26-14(3)20(21)13(2)24-26)8-19(27)23-18-6-7-22-25(18)10-15-4-5-16-17(9-15)29-11-28-16/h4-7,9,12H,8,10-11H2,1-3H3,(H,23,27)/t12-/m0/s1. The Hall–Kier alpha value is -3.00. The fourth-order valence-corrected chi connectivity index (χ4v) is 3.52. The van der Waals surface area contributed by atoms with Crippen LogP contribution < -0.4 is 14.8 Å². The molecule has 0 aliphatic carbocycles. The zero-order valence-corrected chi connectivity index (χ0v) is 17.2. The minimum absolute atomic E-state index is 0.117. The van der Waals surface area contributed by atoms with Gasteiger partial charge in [0, 0.05) is 12.5 Å². The molecule has 0 spiro atoms. The van der Waals surface area contributed by atoms with Crippen molar-refractivity contribution in [2.75, 3.05) is 12.1 Å². The Bertz CT molecular complexity index is 1060. The van der Waals surface area contributed by atoms with Gasteiger partial charge < -0.3 is 14.8 Å². The van der Waals surface area contributed by atoms with Gasteiger partial charge >= 0.3 is 0 Å². The van der Waals surface area contributed by atoms with Gasteiger partial charge in [-0.15, -0.1) is 0 Å². The molecule has 1 atom stereocenters. The second-order valence-electron chi connectivity index (χ2n) is 7.09. The molecule has 8 nitrogen and oxygen atoms in total. The minimum Gasteiger partial charge on any atom is -0.454 e. The molecular formula is C20H22ClN5O3. The molecule has 1 N–H and O–H groups in total. The lowest BCUT2D eigenvalue weighted by Gasteiger charge is -2.15. The Balaban J connectivity index is 1.42. The normalized spacial score (nSPS) is 13.5. The van der Waals surface area contributed by atoms with Crippen LogP contribution >= 0.6 is 11.6 Å². The summed E-state index contributed by atoms with van der Waals surface area (Å²) >= 11 is 6.21. The quantitative estimate of drug-likeness (QED) is 0.663. The molecule has 9 heteroatoms.